The van der Waals surface area contributed by atoms with Crippen molar-refractivity contribution in [3.63, 3.8) is 0 Å². The molecule has 4 nitrogen and oxygen atoms in total. The van der Waals surface area contributed by atoms with Crippen LogP contribution in [0.5, 0.6) is 0 Å². The van der Waals surface area contributed by atoms with E-state index in [0.29, 0.717) is 6.54 Å². The minimum Gasteiger partial charge on any atom is -0.375 e. The zero-order chi connectivity index (χ0) is 13.4. The van der Waals surface area contributed by atoms with Crippen molar-refractivity contribution in [3.05, 3.63) is 0 Å². The highest BCUT2D eigenvalue weighted by Crippen LogP contribution is 2.20. The first-order valence-electron chi connectivity index (χ1n) is 6.50. The van der Waals surface area contributed by atoms with Crippen LogP contribution in [0.15, 0.2) is 0 Å². The van der Waals surface area contributed by atoms with E-state index in [9.17, 15) is 13.6 Å². The molecule has 1 aliphatic heterocycles. The molecule has 0 aromatic heterocycles. The van der Waals surface area contributed by atoms with E-state index < -0.39 is 13.0 Å². The minimum absolute atomic E-state index is 0.0117. The summed E-state index contributed by atoms with van der Waals surface area (Å²) in [5.41, 5.74) is 5.53. The lowest BCUT2D eigenvalue weighted by molar-refractivity contribution is -0.136. The van der Waals surface area contributed by atoms with Gasteiger partial charge in [-0.1, -0.05) is 0 Å². The molecule has 1 aliphatic rings. The van der Waals surface area contributed by atoms with Crippen molar-refractivity contribution in [2.75, 3.05) is 26.3 Å². The Hall–Kier alpha value is -0.750. The number of carbonyl (C=O) groups excluding carboxylic acids is 1. The first-order chi connectivity index (χ1) is 8.65. The number of hydrogen-bond donors (Lipinski definition) is 1. The van der Waals surface area contributed by atoms with Crippen LogP contribution in [0.1, 0.15) is 32.1 Å². The van der Waals surface area contributed by atoms with Crippen LogP contribution in [0.4, 0.5) is 8.78 Å². The summed E-state index contributed by atoms with van der Waals surface area (Å²) in [6.07, 6.45) is 1.62. The van der Waals surface area contributed by atoms with E-state index in [4.69, 9.17) is 10.5 Å². The lowest BCUT2D eigenvalue weighted by Gasteiger charge is -2.35. The summed E-state index contributed by atoms with van der Waals surface area (Å²) in [6, 6.07) is 0.214. The third-order valence-electron chi connectivity index (χ3n) is 3.15. The number of hydrogen-bond acceptors (Lipinski definition) is 3. The van der Waals surface area contributed by atoms with Crippen LogP contribution in [0.25, 0.3) is 0 Å². The van der Waals surface area contributed by atoms with Crippen LogP contribution in [-0.2, 0) is 9.53 Å². The van der Waals surface area contributed by atoms with E-state index in [1.54, 1.807) is 0 Å². The van der Waals surface area contributed by atoms with Gasteiger partial charge in [0, 0.05) is 12.6 Å². The normalized spacial score (nSPS) is 20.4. The predicted molar refractivity (Wildman–Crippen MR) is 64.5 cm³/mol. The van der Waals surface area contributed by atoms with Gasteiger partial charge in [-0.25, -0.2) is 8.78 Å². The lowest BCUT2D eigenvalue weighted by atomic mass is 9.99. The number of carbonyl (C=O) groups is 1. The average Bonchev–Trinajstić information content (AvgIpc) is 2.35. The fraction of sp³-hybridized carbons (Fsp3) is 0.917. The second-order valence-corrected chi connectivity index (χ2v) is 4.53. The van der Waals surface area contributed by atoms with E-state index in [0.717, 1.165) is 32.2 Å². The van der Waals surface area contributed by atoms with Gasteiger partial charge in [0.05, 0.1) is 13.0 Å². The Bertz CT molecular complexity index is 250. The molecular weight excluding hydrogens is 242 g/mol. The highest BCUT2D eigenvalue weighted by molar-refractivity contribution is 5.76. The Morgan fingerprint density at radius 3 is 2.89 bits per heavy atom. The molecule has 0 aromatic carbocycles. The van der Waals surface area contributed by atoms with Crippen molar-refractivity contribution in [1.82, 2.24) is 4.90 Å². The maximum Gasteiger partial charge on any atom is 0.261 e. The van der Waals surface area contributed by atoms with Gasteiger partial charge >= 0.3 is 0 Å². The number of alkyl halides is 2. The first-order valence-corrected chi connectivity index (χ1v) is 6.50. The number of ether oxygens (including phenoxy) is 1. The summed E-state index contributed by atoms with van der Waals surface area (Å²) in [4.78, 5) is 13.8. The van der Waals surface area contributed by atoms with Crippen LogP contribution in [0.2, 0.25) is 0 Å². The molecule has 1 fully saturated rings. The third kappa shape index (κ3) is 5.27. The summed E-state index contributed by atoms with van der Waals surface area (Å²) in [5, 5.41) is 0. The number of nitrogens with zero attached hydrogens (tertiary/aromatic N) is 1. The number of halogens is 2. The van der Waals surface area contributed by atoms with Crippen molar-refractivity contribution in [2.24, 2.45) is 5.73 Å². The van der Waals surface area contributed by atoms with Crippen LogP contribution in [0.3, 0.4) is 0 Å². The average molecular weight is 264 g/mol. The first kappa shape index (κ1) is 15.3. The molecule has 1 unspecified atom stereocenters. The fourth-order valence-corrected chi connectivity index (χ4v) is 2.30. The highest BCUT2D eigenvalue weighted by Gasteiger charge is 2.25. The molecule has 0 spiro atoms. The van der Waals surface area contributed by atoms with Crippen molar-refractivity contribution in [1.29, 1.82) is 0 Å². The number of rotatable bonds is 7. The molecule has 2 N–H and O–H groups in total. The third-order valence-corrected chi connectivity index (χ3v) is 3.15. The summed E-state index contributed by atoms with van der Waals surface area (Å²) >= 11 is 0. The molecule has 6 heteroatoms. The monoisotopic (exact) mass is 264 g/mol. The van der Waals surface area contributed by atoms with Gasteiger partial charge in [0.2, 0.25) is 5.91 Å². The zero-order valence-corrected chi connectivity index (χ0v) is 10.6. The second-order valence-electron chi connectivity index (χ2n) is 4.53. The van der Waals surface area contributed by atoms with Gasteiger partial charge in [0.15, 0.2) is 0 Å². The number of likely N-dealkylation sites (tertiary alicyclic amines) is 1. The molecule has 1 rings (SSSR count). The van der Waals surface area contributed by atoms with Gasteiger partial charge in [0.1, 0.15) is 6.61 Å². The second kappa shape index (κ2) is 8.37. The largest absolute Gasteiger partial charge is 0.375 e. The Morgan fingerprint density at radius 2 is 2.22 bits per heavy atom. The molecule has 1 atom stereocenters. The Morgan fingerprint density at radius 1 is 1.44 bits per heavy atom. The van der Waals surface area contributed by atoms with Crippen LogP contribution < -0.4 is 5.73 Å². The Labute approximate surface area is 106 Å². The molecular formula is C12H22F2N2O2. The topological polar surface area (TPSA) is 55.6 Å². The highest BCUT2D eigenvalue weighted by atomic mass is 19.3. The van der Waals surface area contributed by atoms with Gasteiger partial charge in [-0.15, -0.1) is 0 Å². The molecule has 0 bridgehead atoms. The number of nitrogens with two attached hydrogens (primary N) is 1. The van der Waals surface area contributed by atoms with Gasteiger partial charge in [0.25, 0.3) is 6.43 Å². The van der Waals surface area contributed by atoms with Gasteiger partial charge in [-0.05, 0) is 32.2 Å². The van der Waals surface area contributed by atoms with E-state index in [2.05, 4.69) is 0 Å². The minimum atomic E-state index is -2.47. The van der Waals surface area contributed by atoms with Gasteiger partial charge in [-0.3, -0.25) is 4.79 Å². The molecule has 1 heterocycles. The maximum absolute atomic E-state index is 11.9. The number of piperidine rings is 1. The van der Waals surface area contributed by atoms with Gasteiger partial charge < -0.3 is 15.4 Å². The molecule has 0 radical (unpaired) electrons. The zero-order valence-electron chi connectivity index (χ0n) is 10.6. The summed E-state index contributed by atoms with van der Waals surface area (Å²) in [5.74, 6) is -0.0117. The van der Waals surface area contributed by atoms with Gasteiger partial charge in [-0.2, -0.15) is 0 Å². The molecule has 1 saturated heterocycles. The summed E-state index contributed by atoms with van der Waals surface area (Å²) in [6.45, 7) is 0.781. The molecule has 0 aliphatic carbocycles. The summed E-state index contributed by atoms with van der Waals surface area (Å²) in [7, 11) is 0. The lowest BCUT2D eigenvalue weighted by Crippen LogP contribution is -2.44. The Kier molecular flexibility index (Phi) is 7.12. The van der Waals surface area contributed by atoms with E-state index >= 15 is 0 Å². The van der Waals surface area contributed by atoms with E-state index in [-0.39, 0.29) is 25.0 Å². The fourth-order valence-electron chi connectivity index (χ4n) is 2.30. The maximum atomic E-state index is 11.9. The van der Waals surface area contributed by atoms with Crippen LogP contribution in [0, 0.1) is 0 Å². The standard InChI is InChI=1S/C12H22F2N2O2/c13-11(14)9-18-8-5-12(17)16-7-2-1-3-10(16)4-6-15/h10-11H,1-9,15H2. The van der Waals surface area contributed by atoms with E-state index in [1.165, 1.54) is 0 Å². The molecule has 18 heavy (non-hydrogen) atoms. The van der Waals surface area contributed by atoms with Crippen LogP contribution >= 0.6 is 0 Å². The van der Waals surface area contributed by atoms with Crippen molar-refractivity contribution < 1.29 is 18.3 Å². The van der Waals surface area contributed by atoms with Crippen molar-refractivity contribution in [2.45, 2.75) is 44.6 Å². The quantitative estimate of drug-likeness (QED) is 0.707. The van der Waals surface area contributed by atoms with Crippen molar-refractivity contribution in [3.8, 4) is 0 Å². The summed E-state index contributed by atoms with van der Waals surface area (Å²) < 4.78 is 28.4. The molecule has 0 saturated carbocycles. The predicted octanol–water partition coefficient (Wildman–Crippen LogP) is 1.39. The molecule has 106 valence electrons. The SMILES string of the molecule is NCCC1CCCCN1C(=O)CCOCC(F)F. The smallest absolute Gasteiger partial charge is 0.261 e. The van der Waals surface area contributed by atoms with Crippen molar-refractivity contribution >= 4 is 5.91 Å². The molecule has 1 amide bonds. The Balaban J connectivity index is 2.29. The number of amides is 1. The van der Waals surface area contributed by atoms with Crippen LogP contribution in [-0.4, -0.2) is 49.6 Å². The molecule has 0 aromatic rings. The van der Waals surface area contributed by atoms with E-state index in [1.807, 2.05) is 4.90 Å².